The summed E-state index contributed by atoms with van der Waals surface area (Å²) in [6.45, 7) is 11.6. The molecule has 1 aromatic heterocycles. The van der Waals surface area contributed by atoms with Crippen molar-refractivity contribution in [3.8, 4) is 11.1 Å². The van der Waals surface area contributed by atoms with Gasteiger partial charge in [0.25, 0.3) is 0 Å². The second kappa shape index (κ2) is 12.3. The van der Waals surface area contributed by atoms with Crippen LogP contribution in [0.2, 0.25) is 0 Å². The third-order valence-electron chi connectivity index (χ3n) is 7.00. The van der Waals surface area contributed by atoms with Crippen LogP contribution in [0.3, 0.4) is 0 Å². The van der Waals surface area contributed by atoms with Gasteiger partial charge in [0, 0.05) is 19.5 Å². The highest BCUT2D eigenvalue weighted by molar-refractivity contribution is 7.81. The highest BCUT2D eigenvalue weighted by Crippen LogP contribution is 2.27. The fourth-order valence-corrected chi connectivity index (χ4v) is 5.72. The summed E-state index contributed by atoms with van der Waals surface area (Å²) in [5.41, 5.74) is 7.12. The maximum absolute atomic E-state index is 12.7. The number of rotatable bonds is 10. The van der Waals surface area contributed by atoms with E-state index < -0.39 is 5.97 Å². The standard InChI is InChI=1S/C33H39N3O3S/c1-6-9-29-35-30-21(2)16-23(19-34-31(37)28(40)18-33(3,4)5)17-27(30)36(29)20-22-12-14-24(15-13-22)25-10-7-8-11-26(25)32(38)39/h7-8,10-17,28,40H,6,9,18-20H2,1-5H3,(H,34,37)(H,38,39). The molecule has 6 nitrogen and oxygen atoms in total. The van der Waals surface area contributed by atoms with Crippen molar-refractivity contribution in [1.82, 2.24) is 14.9 Å². The van der Waals surface area contributed by atoms with E-state index in [4.69, 9.17) is 4.98 Å². The SMILES string of the molecule is CCCc1nc2c(C)cc(CNC(=O)C(S)CC(C)(C)C)cc2n1Cc1ccc(-c2ccccc2C(=O)O)cc1. The van der Waals surface area contributed by atoms with Gasteiger partial charge in [-0.1, -0.05) is 76.2 Å². The number of hydrogen-bond donors (Lipinski definition) is 3. The Labute approximate surface area is 242 Å². The summed E-state index contributed by atoms with van der Waals surface area (Å²) < 4.78 is 2.26. The zero-order valence-electron chi connectivity index (χ0n) is 24.0. The molecule has 2 N–H and O–H groups in total. The fourth-order valence-electron chi connectivity index (χ4n) is 5.08. The van der Waals surface area contributed by atoms with E-state index in [1.54, 1.807) is 12.1 Å². The number of carboxylic acid groups (broad SMARTS) is 1. The summed E-state index contributed by atoms with van der Waals surface area (Å²) in [4.78, 5) is 29.4. The van der Waals surface area contributed by atoms with Crippen molar-refractivity contribution in [2.24, 2.45) is 5.41 Å². The first-order valence-electron chi connectivity index (χ1n) is 13.8. The van der Waals surface area contributed by atoms with Gasteiger partial charge >= 0.3 is 5.97 Å². The Morgan fingerprint density at radius 3 is 2.40 bits per heavy atom. The number of carbonyl (C=O) groups is 2. The normalized spacial score (nSPS) is 12.4. The van der Waals surface area contributed by atoms with Gasteiger partial charge in [-0.2, -0.15) is 12.6 Å². The van der Waals surface area contributed by atoms with Crippen LogP contribution in [0, 0.1) is 12.3 Å². The highest BCUT2D eigenvalue weighted by Gasteiger charge is 2.22. The van der Waals surface area contributed by atoms with Crippen molar-refractivity contribution in [2.45, 2.75) is 72.2 Å². The van der Waals surface area contributed by atoms with Crippen LogP contribution >= 0.6 is 12.6 Å². The molecule has 0 spiro atoms. The molecule has 7 heteroatoms. The fraction of sp³-hybridized carbons (Fsp3) is 0.364. The zero-order valence-corrected chi connectivity index (χ0v) is 24.9. The molecule has 0 bridgehead atoms. The highest BCUT2D eigenvalue weighted by atomic mass is 32.1. The van der Waals surface area contributed by atoms with Gasteiger partial charge in [-0.05, 0) is 65.1 Å². The van der Waals surface area contributed by atoms with Crippen molar-refractivity contribution >= 4 is 35.5 Å². The number of nitrogens with one attached hydrogen (secondary N) is 1. The average Bonchev–Trinajstić information content (AvgIpc) is 3.24. The first-order valence-corrected chi connectivity index (χ1v) is 14.3. The van der Waals surface area contributed by atoms with E-state index in [1.807, 2.05) is 24.3 Å². The van der Waals surface area contributed by atoms with Crippen LogP contribution in [0.1, 0.15) is 73.4 Å². The summed E-state index contributed by atoms with van der Waals surface area (Å²) in [5, 5.41) is 12.3. The molecule has 1 atom stereocenters. The van der Waals surface area contributed by atoms with Gasteiger partial charge < -0.3 is 15.0 Å². The van der Waals surface area contributed by atoms with Crippen molar-refractivity contribution in [3.63, 3.8) is 0 Å². The van der Waals surface area contributed by atoms with E-state index in [2.05, 4.69) is 81.4 Å². The Kier molecular flexibility index (Phi) is 9.04. The second-order valence-corrected chi connectivity index (χ2v) is 12.3. The maximum Gasteiger partial charge on any atom is 0.336 e. The number of benzene rings is 3. The Morgan fingerprint density at radius 2 is 1.75 bits per heavy atom. The summed E-state index contributed by atoms with van der Waals surface area (Å²) in [6, 6.07) is 19.3. The van der Waals surface area contributed by atoms with Crippen LogP contribution in [0.15, 0.2) is 60.7 Å². The van der Waals surface area contributed by atoms with E-state index in [1.165, 1.54) is 0 Å². The zero-order chi connectivity index (χ0) is 29.0. The molecule has 0 fully saturated rings. The summed E-state index contributed by atoms with van der Waals surface area (Å²) in [5.74, 6) is 0.0404. The minimum Gasteiger partial charge on any atom is -0.478 e. The van der Waals surface area contributed by atoms with Crippen molar-refractivity contribution < 1.29 is 14.7 Å². The predicted molar refractivity (Wildman–Crippen MR) is 165 cm³/mol. The molecule has 4 aromatic rings. The van der Waals surface area contributed by atoms with Crippen LogP contribution in [-0.4, -0.2) is 31.8 Å². The number of thiol groups is 1. The average molecular weight is 558 g/mol. The molecular formula is C33H39N3O3S. The molecule has 4 rings (SSSR count). The van der Waals surface area contributed by atoms with Crippen molar-refractivity contribution in [3.05, 3.63) is 88.7 Å². The number of fused-ring (bicyclic) bond motifs is 1. The van der Waals surface area contributed by atoms with E-state index in [9.17, 15) is 14.7 Å². The molecule has 0 saturated heterocycles. The number of aromatic carboxylic acids is 1. The topological polar surface area (TPSA) is 84.2 Å². The number of aromatic nitrogens is 2. The lowest BCUT2D eigenvalue weighted by atomic mass is 9.90. The van der Waals surface area contributed by atoms with E-state index in [0.29, 0.717) is 30.6 Å². The monoisotopic (exact) mass is 557 g/mol. The molecule has 1 heterocycles. The number of nitrogens with zero attached hydrogens (tertiary/aromatic N) is 2. The number of imidazole rings is 1. The number of carboxylic acids is 1. The first kappa shape index (κ1) is 29.4. The molecule has 0 aliphatic rings. The lowest BCUT2D eigenvalue weighted by Crippen LogP contribution is -2.33. The van der Waals surface area contributed by atoms with E-state index in [0.717, 1.165) is 52.0 Å². The molecule has 210 valence electrons. The second-order valence-electron chi connectivity index (χ2n) is 11.7. The minimum atomic E-state index is -0.935. The van der Waals surface area contributed by atoms with E-state index >= 15 is 0 Å². The van der Waals surface area contributed by atoms with Crippen LogP contribution in [0.5, 0.6) is 0 Å². The summed E-state index contributed by atoms with van der Waals surface area (Å²) >= 11 is 4.53. The number of hydrogen-bond acceptors (Lipinski definition) is 4. The molecule has 1 unspecified atom stereocenters. The van der Waals surface area contributed by atoms with Gasteiger partial charge in [0.1, 0.15) is 5.82 Å². The van der Waals surface area contributed by atoms with Gasteiger partial charge in [0.2, 0.25) is 5.91 Å². The van der Waals surface area contributed by atoms with Gasteiger partial charge in [0.15, 0.2) is 0 Å². The predicted octanol–water partition coefficient (Wildman–Crippen LogP) is 7.06. The molecular weight excluding hydrogens is 518 g/mol. The van der Waals surface area contributed by atoms with E-state index in [-0.39, 0.29) is 16.6 Å². The number of aryl methyl sites for hydroxylation is 2. The smallest absolute Gasteiger partial charge is 0.336 e. The molecule has 0 saturated carbocycles. The Balaban J connectivity index is 1.61. The number of carbonyl (C=O) groups excluding carboxylic acids is 1. The minimum absolute atomic E-state index is 0.0271. The van der Waals surface area contributed by atoms with Crippen LogP contribution in [0.4, 0.5) is 0 Å². The van der Waals surface area contributed by atoms with Gasteiger partial charge in [-0.3, -0.25) is 4.79 Å². The van der Waals surface area contributed by atoms with Crippen LogP contribution < -0.4 is 5.32 Å². The van der Waals surface area contributed by atoms with Gasteiger partial charge in [-0.15, -0.1) is 0 Å². The van der Waals surface area contributed by atoms with Crippen molar-refractivity contribution in [1.29, 1.82) is 0 Å². The molecule has 40 heavy (non-hydrogen) atoms. The molecule has 0 aliphatic carbocycles. The number of amides is 1. The molecule has 3 aromatic carbocycles. The quantitative estimate of drug-likeness (QED) is 0.182. The Hall–Kier alpha value is -3.58. The first-order chi connectivity index (χ1) is 19.0. The molecule has 1 amide bonds. The lowest BCUT2D eigenvalue weighted by Gasteiger charge is -2.22. The Morgan fingerprint density at radius 1 is 1.05 bits per heavy atom. The Bertz CT molecular complexity index is 1520. The maximum atomic E-state index is 12.7. The largest absolute Gasteiger partial charge is 0.478 e. The van der Waals surface area contributed by atoms with Gasteiger partial charge in [-0.25, -0.2) is 9.78 Å². The van der Waals surface area contributed by atoms with Crippen molar-refractivity contribution in [2.75, 3.05) is 0 Å². The third-order valence-corrected chi connectivity index (χ3v) is 7.41. The molecule has 0 aliphatic heterocycles. The summed E-state index contributed by atoms with van der Waals surface area (Å²) in [6.07, 6.45) is 2.54. The van der Waals surface area contributed by atoms with Crippen LogP contribution in [0.25, 0.3) is 22.2 Å². The lowest BCUT2D eigenvalue weighted by molar-refractivity contribution is -0.121. The third kappa shape index (κ3) is 6.94. The van der Waals surface area contributed by atoms with Crippen LogP contribution in [-0.2, 0) is 24.3 Å². The summed E-state index contributed by atoms with van der Waals surface area (Å²) in [7, 11) is 0. The molecule has 0 radical (unpaired) electrons. The van der Waals surface area contributed by atoms with Gasteiger partial charge in [0.05, 0.1) is 21.8 Å².